The summed E-state index contributed by atoms with van der Waals surface area (Å²) >= 11 is 0. The molecule has 2 saturated heterocycles. The van der Waals surface area contributed by atoms with E-state index in [0.29, 0.717) is 5.41 Å². The minimum Gasteiger partial charge on any atom is -0.662 e. The quantitative estimate of drug-likeness (QED) is 0.461. The summed E-state index contributed by atoms with van der Waals surface area (Å²) in [4.78, 5) is 2.56. The molecule has 0 radical (unpaired) electrons. The van der Waals surface area contributed by atoms with Crippen molar-refractivity contribution in [3.05, 3.63) is 5.32 Å². The van der Waals surface area contributed by atoms with E-state index in [1.54, 1.807) is 0 Å². The predicted molar refractivity (Wildman–Crippen MR) is 46.9 cm³/mol. The van der Waals surface area contributed by atoms with Gasteiger partial charge in [-0.25, -0.2) is 0 Å². The first-order valence-electron chi connectivity index (χ1n) is 4.70. The predicted octanol–water partition coefficient (Wildman–Crippen LogP) is -1.52. The zero-order valence-electron chi connectivity index (χ0n) is 8.34. The van der Waals surface area contributed by atoms with E-state index in [9.17, 15) is 0 Å². The Balaban J connectivity index is 0.000000720. The molecule has 2 fully saturated rings. The molecule has 0 aromatic carbocycles. The second kappa shape index (κ2) is 4.87. The number of hydrogen-bond donors (Lipinski definition) is 0. The molecule has 2 aliphatic heterocycles. The van der Waals surface area contributed by atoms with Gasteiger partial charge in [0.15, 0.2) is 0 Å². The van der Waals surface area contributed by atoms with Crippen LogP contribution < -0.4 is 51.4 Å². The summed E-state index contributed by atoms with van der Waals surface area (Å²) in [6.07, 6.45) is 2.74. The van der Waals surface area contributed by atoms with Gasteiger partial charge in [-0.1, -0.05) is 13.3 Å². The molecule has 0 bridgehead atoms. The number of likely N-dealkylation sites (tertiary alicyclic amines) is 1. The van der Waals surface area contributed by atoms with Crippen LogP contribution in [0, 0.1) is 5.41 Å². The Morgan fingerprint density at radius 1 is 1.42 bits per heavy atom. The van der Waals surface area contributed by atoms with Crippen LogP contribution in [-0.4, -0.2) is 37.6 Å². The molecule has 1 spiro atoms. The fourth-order valence-electron chi connectivity index (χ4n) is 2.34. The molecule has 3 heteroatoms. The SMILES string of the molecule is CCN1CCC2(CC[N-]C2)C1.[K+]. The zero-order valence-corrected chi connectivity index (χ0v) is 11.5. The van der Waals surface area contributed by atoms with Crippen LogP contribution in [0.15, 0.2) is 0 Å². The van der Waals surface area contributed by atoms with Gasteiger partial charge in [0.25, 0.3) is 0 Å². The van der Waals surface area contributed by atoms with Crippen molar-refractivity contribution >= 4 is 0 Å². The Morgan fingerprint density at radius 2 is 2.25 bits per heavy atom. The van der Waals surface area contributed by atoms with Gasteiger partial charge in [-0.3, -0.25) is 0 Å². The summed E-state index contributed by atoms with van der Waals surface area (Å²) < 4.78 is 0. The second-order valence-electron chi connectivity index (χ2n) is 3.97. The summed E-state index contributed by atoms with van der Waals surface area (Å²) in [7, 11) is 0. The summed E-state index contributed by atoms with van der Waals surface area (Å²) in [6.45, 7) is 8.37. The Labute approximate surface area is 118 Å². The molecule has 0 amide bonds. The molecule has 2 rings (SSSR count). The molecule has 64 valence electrons. The van der Waals surface area contributed by atoms with Crippen molar-refractivity contribution in [1.82, 2.24) is 4.90 Å². The van der Waals surface area contributed by atoms with Crippen LogP contribution in [0.5, 0.6) is 0 Å². The molecular weight excluding hydrogens is 175 g/mol. The fourth-order valence-corrected chi connectivity index (χ4v) is 2.34. The Kier molecular flexibility index (Phi) is 4.72. The van der Waals surface area contributed by atoms with E-state index in [-0.39, 0.29) is 51.4 Å². The first-order valence-corrected chi connectivity index (χ1v) is 4.70. The van der Waals surface area contributed by atoms with E-state index in [0.717, 1.165) is 13.1 Å². The third-order valence-corrected chi connectivity index (χ3v) is 3.21. The van der Waals surface area contributed by atoms with Gasteiger partial charge in [-0.05, 0) is 24.9 Å². The first kappa shape index (κ1) is 11.6. The molecule has 0 N–H and O–H groups in total. The van der Waals surface area contributed by atoms with Crippen molar-refractivity contribution in [3.8, 4) is 0 Å². The molecule has 2 aliphatic rings. The van der Waals surface area contributed by atoms with E-state index >= 15 is 0 Å². The average Bonchev–Trinajstić information content (AvgIpc) is 2.62. The molecule has 12 heavy (non-hydrogen) atoms. The smallest absolute Gasteiger partial charge is 0.662 e. The summed E-state index contributed by atoms with van der Waals surface area (Å²) in [5, 5.41) is 4.46. The second-order valence-corrected chi connectivity index (χ2v) is 3.97. The van der Waals surface area contributed by atoms with Gasteiger partial charge < -0.3 is 10.2 Å². The van der Waals surface area contributed by atoms with Crippen molar-refractivity contribution in [2.75, 3.05) is 32.7 Å². The van der Waals surface area contributed by atoms with Crippen molar-refractivity contribution < 1.29 is 51.4 Å². The third kappa shape index (κ3) is 2.32. The summed E-state index contributed by atoms with van der Waals surface area (Å²) in [5.74, 6) is 0. The van der Waals surface area contributed by atoms with Crippen LogP contribution >= 0.6 is 0 Å². The molecule has 0 aromatic rings. The molecule has 0 saturated carbocycles. The minimum atomic E-state index is 0. The minimum absolute atomic E-state index is 0. The van der Waals surface area contributed by atoms with Gasteiger partial charge in [0.2, 0.25) is 0 Å². The maximum absolute atomic E-state index is 4.46. The van der Waals surface area contributed by atoms with E-state index in [1.165, 1.54) is 32.5 Å². The molecule has 0 aliphatic carbocycles. The van der Waals surface area contributed by atoms with E-state index in [2.05, 4.69) is 17.1 Å². The molecule has 0 aromatic heterocycles. The molecule has 2 nitrogen and oxygen atoms in total. The largest absolute Gasteiger partial charge is 1.00 e. The monoisotopic (exact) mass is 192 g/mol. The maximum Gasteiger partial charge on any atom is 1.00 e. The van der Waals surface area contributed by atoms with Gasteiger partial charge in [-0.2, -0.15) is 0 Å². The van der Waals surface area contributed by atoms with Crippen molar-refractivity contribution in [1.29, 1.82) is 0 Å². The number of hydrogen-bond acceptors (Lipinski definition) is 1. The van der Waals surface area contributed by atoms with E-state index in [1.807, 2.05) is 0 Å². The van der Waals surface area contributed by atoms with Crippen LogP contribution in [0.25, 0.3) is 5.32 Å². The average molecular weight is 192 g/mol. The van der Waals surface area contributed by atoms with Crippen LogP contribution in [0.2, 0.25) is 0 Å². The molecule has 1 unspecified atom stereocenters. The van der Waals surface area contributed by atoms with Crippen molar-refractivity contribution in [2.45, 2.75) is 19.8 Å². The zero-order chi connectivity index (χ0) is 7.73. The summed E-state index contributed by atoms with van der Waals surface area (Å²) in [5.41, 5.74) is 0.621. The van der Waals surface area contributed by atoms with Crippen molar-refractivity contribution in [2.24, 2.45) is 5.41 Å². The van der Waals surface area contributed by atoms with E-state index in [4.69, 9.17) is 0 Å². The third-order valence-electron chi connectivity index (χ3n) is 3.21. The number of rotatable bonds is 1. The Morgan fingerprint density at radius 3 is 2.75 bits per heavy atom. The van der Waals surface area contributed by atoms with Gasteiger partial charge >= 0.3 is 51.4 Å². The van der Waals surface area contributed by atoms with Crippen LogP contribution in [0.3, 0.4) is 0 Å². The van der Waals surface area contributed by atoms with Crippen LogP contribution in [0.1, 0.15) is 19.8 Å². The van der Waals surface area contributed by atoms with Gasteiger partial charge in [0.1, 0.15) is 0 Å². The first-order chi connectivity index (χ1) is 5.35. The Bertz CT molecular complexity index is 143. The maximum atomic E-state index is 4.46. The van der Waals surface area contributed by atoms with Gasteiger partial charge in [0, 0.05) is 6.54 Å². The van der Waals surface area contributed by atoms with Gasteiger partial charge in [0.05, 0.1) is 0 Å². The topological polar surface area (TPSA) is 17.3 Å². The van der Waals surface area contributed by atoms with Crippen molar-refractivity contribution in [3.63, 3.8) is 0 Å². The Hall–Kier alpha value is 1.56. The standard InChI is InChI=1S/C9H17N2.K/c1-2-11-6-4-9(8-11)3-5-10-7-9;/h2-8H2,1H3;/q-1;+1. The summed E-state index contributed by atoms with van der Waals surface area (Å²) in [6, 6.07) is 0. The molecular formula is C9H17KN2. The van der Waals surface area contributed by atoms with E-state index < -0.39 is 0 Å². The normalized spacial score (nSPS) is 35.8. The van der Waals surface area contributed by atoms with Gasteiger partial charge in [-0.15, -0.1) is 13.1 Å². The fraction of sp³-hybridized carbons (Fsp3) is 1.00. The van der Waals surface area contributed by atoms with Crippen LogP contribution in [0.4, 0.5) is 0 Å². The molecule has 1 atom stereocenters. The van der Waals surface area contributed by atoms with Crippen LogP contribution in [-0.2, 0) is 0 Å². The number of nitrogens with zero attached hydrogens (tertiary/aromatic N) is 2. The molecule has 2 heterocycles.